The van der Waals surface area contributed by atoms with Gasteiger partial charge >= 0.3 is 0 Å². The van der Waals surface area contributed by atoms with E-state index >= 15 is 0 Å². The van der Waals surface area contributed by atoms with Crippen LogP contribution in [-0.4, -0.2) is 62.4 Å². The predicted molar refractivity (Wildman–Crippen MR) is 97.0 cm³/mol. The second kappa shape index (κ2) is 9.41. The van der Waals surface area contributed by atoms with Crippen LogP contribution in [0.2, 0.25) is 0 Å². The van der Waals surface area contributed by atoms with Crippen molar-refractivity contribution in [2.75, 3.05) is 46.5 Å². The molecule has 0 saturated carbocycles. The van der Waals surface area contributed by atoms with E-state index in [1.54, 1.807) is 32.2 Å². The zero-order chi connectivity index (χ0) is 17.4. The third-order valence-electron chi connectivity index (χ3n) is 3.88. The summed E-state index contributed by atoms with van der Waals surface area (Å²) in [4.78, 5) is 1.51. The first-order chi connectivity index (χ1) is 11.6. The Morgan fingerprint density at radius 1 is 1.42 bits per heavy atom. The SMILES string of the molecule is COc1ccc(O)c(/C(C)=N/NC(=S)NCC[NH+]2CCOCC2)c1. The number of morpholine rings is 1. The van der Waals surface area contributed by atoms with E-state index in [0.717, 1.165) is 39.4 Å². The number of hydrazone groups is 1. The first-order valence-electron chi connectivity index (χ1n) is 7.97. The van der Waals surface area contributed by atoms with Crippen molar-refractivity contribution in [1.29, 1.82) is 0 Å². The maximum atomic E-state index is 9.93. The molecule has 1 aromatic carbocycles. The summed E-state index contributed by atoms with van der Waals surface area (Å²) in [6.07, 6.45) is 0. The summed E-state index contributed by atoms with van der Waals surface area (Å²) in [5.74, 6) is 0.806. The lowest BCUT2D eigenvalue weighted by Crippen LogP contribution is -3.14. The molecule has 1 fully saturated rings. The highest BCUT2D eigenvalue weighted by atomic mass is 32.1. The summed E-state index contributed by atoms with van der Waals surface area (Å²) in [7, 11) is 1.58. The van der Waals surface area contributed by atoms with Gasteiger partial charge in [0.2, 0.25) is 0 Å². The first kappa shape index (κ1) is 18.4. The summed E-state index contributed by atoms with van der Waals surface area (Å²) in [6, 6.07) is 5.00. The number of rotatable bonds is 6. The third kappa shape index (κ3) is 5.63. The van der Waals surface area contributed by atoms with Crippen molar-refractivity contribution in [2.45, 2.75) is 6.92 Å². The molecule has 0 aromatic heterocycles. The Bertz CT molecular complexity index is 589. The molecule has 0 aliphatic carbocycles. The fraction of sp³-hybridized carbons (Fsp3) is 0.500. The van der Waals surface area contributed by atoms with Crippen molar-refractivity contribution in [2.24, 2.45) is 5.10 Å². The first-order valence-corrected chi connectivity index (χ1v) is 8.38. The van der Waals surface area contributed by atoms with Crippen LogP contribution in [-0.2, 0) is 4.74 Å². The lowest BCUT2D eigenvalue weighted by atomic mass is 10.1. The van der Waals surface area contributed by atoms with Crippen molar-refractivity contribution in [1.82, 2.24) is 10.7 Å². The van der Waals surface area contributed by atoms with Gasteiger partial charge in [-0.2, -0.15) is 5.10 Å². The topological polar surface area (TPSA) is 79.5 Å². The zero-order valence-corrected chi connectivity index (χ0v) is 14.9. The zero-order valence-electron chi connectivity index (χ0n) is 14.1. The van der Waals surface area contributed by atoms with Crippen LogP contribution in [0.5, 0.6) is 11.5 Å². The van der Waals surface area contributed by atoms with E-state index in [2.05, 4.69) is 15.8 Å². The molecule has 4 N–H and O–H groups in total. The van der Waals surface area contributed by atoms with Crippen LogP contribution < -0.4 is 20.4 Å². The average Bonchev–Trinajstić information content (AvgIpc) is 2.61. The van der Waals surface area contributed by atoms with Gasteiger partial charge in [0.1, 0.15) is 24.6 Å². The highest BCUT2D eigenvalue weighted by Crippen LogP contribution is 2.23. The molecule has 0 atom stereocenters. The molecule has 0 spiro atoms. The molecule has 0 unspecified atom stereocenters. The third-order valence-corrected chi connectivity index (χ3v) is 4.12. The molecule has 2 rings (SSSR count). The Balaban J connectivity index is 1.79. The van der Waals surface area contributed by atoms with E-state index in [9.17, 15) is 5.11 Å². The van der Waals surface area contributed by atoms with Gasteiger partial charge in [-0.15, -0.1) is 0 Å². The van der Waals surface area contributed by atoms with Crippen LogP contribution in [0.3, 0.4) is 0 Å². The van der Waals surface area contributed by atoms with Crippen LogP contribution in [0.25, 0.3) is 0 Å². The van der Waals surface area contributed by atoms with E-state index in [4.69, 9.17) is 21.7 Å². The standard InChI is InChI=1S/C16H24N4O3S/c1-12(14-11-13(22-2)3-4-15(14)21)18-19-16(24)17-5-6-20-7-9-23-10-8-20/h3-4,11,21H,5-10H2,1-2H3,(H2,17,19,24)/p+1/b18-12+. The minimum absolute atomic E-state index is 0.147. The van der Waals surface area contributed by atoms with Crippen molar-refractivity contribution in [3.63, 3.8) is 0 Å². The van der Waals surface area contributed by atoms with E-state index in [-0.39, 0.29) is 5.75 Å². The van der Waals surface area contributed by atoms with Gasteiger partial charge in [0.05, 0.1) is 39.1 Å². The number of hydrogen-bond acceptors (Lipinski definition) is 5. The largest absolute Gasteiger partial charge is 0.507 e. The number of nitrogens with zero attached hydrogens (tertiary/aromatic N) is 1. The molecule has 1 saturated heterocycles. The number of thiocarbonyl (C=S) groups is 1. The minimum atomic E-state index is 0.147. The van der Waals surface area contributed by atoms with E-state index in [1.807, 2.05) is 0 Å². The Hall–Kier alpha value is -1.90. The minimum Gasteiger partial charge on any atom is -0.507 e. The summed E-state index contributed by atoms with van der Waals surface area (Å²) in [5.41, 5.74) is 4.02. The molecule has 0 amide bonds. The van der Waals surface area contributed by atoms with Gasteiger partial charge in [0, 0.05) is 5.56 Å². The molecule has 24 heavy (non-hydrogen) atoms. The van der Waals surface area contributed by atoms with Crippen molar-refractivity contribution >= 4 is 23.0 Å². The molecule has 8 heteroatoms. The number of benzene rings is 1. The van der Waals surface area contributed by atoms with Crippen LogP contribution in [0.4, 0.5) is 0 Å². The maximum Gasteiger partial charge on any atom is 0.187 e. The fourth-order valence-electron chi connectivity index (χ4n) is 2.43. The van der Waals surface area contributed by atoms with E-state index < -0.39 is 0 Å². The van der Waals surface area contributed by atoms with E-state index in [1.165, 1.54) is 4.90 Å². The van der Waals surface area contributed by atoms with Crippen LogP contribution >= 0.6 is 12.2 Å². The Labute approximate surface area is 147 Å². The Kier molecular flexibility index (Phi) is 7.23. The second-order valence-corrected chi connectivity index (χ2v) is 5.97. The molecular formula is C16H25N4O3S+. The normalized spacial score (nSPS) is 15.8. The smallest absolute Gasteiger partial charge is 0.187 e. The van der Waals surface area contributed by atoms with Gasteiger partial charge in [-0.1, -0.05) is 0 Å². The predicted octanol–water partition coefficient (Wildman–Crippen LogP) is -0.496. The fourth-order valence-corrected chi connectivity index (χ4v) is 2.58. The Morgan fingerprint density at radius 3 is 2.88 bits per heavy atom. The number of ether oxygens (including phenoxy) is 2. The number of nitrogens with one attached hydrogen (secondary N) is 3. The lowest BCUT2D eigenvalue weighted by Gasteiger charge is -2.23. The van der Waals surface area contributed by atoms with Gasteiger partial charge in [-0.25, -0.2) is 0 Å². The van der Waals surface area contributed by atoms with Gasteiger partial charge in [-0.3, -0.25) is 5.43 Å². The van der Waals surface area contributed by atoms with Crippen LogP contribution in [0.1, 0.15) is 12.5 Å². The summed E-state index contributed by atoms with van der Waals surface area (Å²) < 4.78 is 10.5. The highest BCUT2D eigenvalue weighted by molar-refractivity contribution is 7.80. The summed E-state index contributed by atoms with van der Waals surface area (Å²) in [5, 5.41) is 17.7. The number of quaternary nitrogens is 1. The average molecular weight is 353 g/mol. The van der Waals surface area contributed by atoms with Gasteiger partial charge in [0.25, 0.3) is 0 Å². The van der Waals surface area contributed by atoms with Gasteiger partial charge in [-0.05, 0) is 37.3 Å². The lowest BCUT2D eigenvalue weighted by molar-refractivity contribution is -0.906. The number of methoxy groups -OCH3 is 1. The number of aromatic hydroxyl groups is 1. The molecule has 1 aliphatic rings. The van der Waals surface area contributed by atoms with E-state index in [0.29, 0.717) is 22.1 Å². The van der Waals surface area contributed by atoms with Crippen molar-refractivity contribution in [3.8, 4) is 11.5 Å². The molecule has 1 heterocycles. The second-order valence-electron chi connectivity index (χ2n) is 5.56. The Morgan fingerprint density at radius 2 is 2.17 bits per heavy atom. The quantitative estimate of drug-likeness (QED) is 0.314. The maximum absolute atomic E-state index is 9.93. The van der Waals surface area contributed by atoms with Crippen molar-refractivity contribution < 1.29 is 19.5 Å². The number of phenolic OH excluding ortho intramolecular Hbond substituents is 1. The molecule has 132 valence electrons. The highest BCUT2D eigenvalue weighted by Gasteiger charge is 2.13. The monoisotopic (exact) mass is 353 g/mol. The van der Waals surface area contributed by atoms with Crippen LogP contribution in [0.15, 0.2) is 23.3 Å². The van der Waals surface area contributed by atoms with Gasteiger partial charge < -0.3 is 24.8 Å². The summed E-state index contributed by atoms with van der Waals surface area (Å²) >= 11 is 5.22. The molecule has 0 bridgehead atoms. The molecule has 0 radical (unpaired) electrons. The molecular weight excluding hydrogens is 328 g/mol. The van der Waals surface area contributed by atoms with Gasteiger partial charge in [0.15, 0.2) is 5.11 Å². The molecule has 1 aromatic rings. The number of phenols is 1. The molecule has 1 aliphatic heterocycles. The summed E-state index contributed by atoms with van der Waals surface area (Å²) in [6.45, 7) is 7.28. The number of hydrogen-bond donors (Lipinski definition) is 4. The molecule has 7 nitrogen and oxygen atoms in total. The van der Waals surface area contributed by atoms with Crippen molar-refractivity contribution in [3.05, 3.63) is 23.8 Å². The van der Waals surface area contributed by atoms with Crippen LogP contribution in [0, 0.1) is 0 Å².